The van der Waals surface area contributed by atoms with E-state index in [9.17, 15) is 45.6 Å². The molecular weight excluding hydrogens is 608 g/mol. The van der Waals surface area contributed by atoms with Gasteiger partial charge in [0.05, 0.1) is 36.9 Å². The van der Waals surface area contributed by atoms with Crippen molar-refractivity contribution < 1.29 is 55.1 Å². The zero-order valence-corrected chi connectivity index (χ0v) is 28.8. The van der Waals surface area contributed by atoms with Crippen LogP contribution in [0.5, 0.6) is 0 Å². The third-order valence-electron chi connectivity index (χ3n) is 15.1. The molecule has 0 amide bonds. The Kier molecular flexibility index (Phi) is 8.68. The van der Waals surface area contributed by atoms with Crippen LogP contribution < -0.4 is 0 Å². The Hall–Kier alpha value is -1.15. The van der Waals surface area contributed by atoms with Gasteiger partial charge in [0.1, 0.15) is 24.4 Å². The van der Waals surface area contributed by atoms with Crippen molar-refractivity contribution in [2.45, 2.75) is 142 Å². The van der Waals surface area contributed by atoms with Crippen molar-refractivity contribution in [3.8, 4) is 0 Å². The summed E-state index contributed by atoms with van der Waals surface area (Å²) in [7, 11) is 0. The molecule has 0 aromatic heterocycles. The lowest BCUT2D eigenvalue weighted by Crippen LogP contribution is -2.71. The number of fused-ring (bicyclic) bond motifs is 7. The molecule has 8 N–H and O–H groups in total. The largest absolute Gasteiger partial charge is 0.432 e. The molecule has 268 valence electrons. The molecule has 47 heavy (non-hydrogen) atoms. The smallest absolute Gasteiger partial charge is 0.315 e. The van der Waals surface area contributed by atoms with Crippen LogP contribution in [0.25, 0.3) is 0 Å². The molecule has 11 heteroatoms. The molecular formula is C36H58O11. The summed E-state index contributed by atoms with van der Waals surface area (Å²) in [5, 5.41) is 85.8. The van der Waals surface area contributed by atoms with Gasteiger partial charge in [-0.15, -0.1) is 0 Å². The second-order valence-corrected chi connectivity index (χ2v) is 18.0. The van der Waals surface area contributed by atoms with Gasteiger partial charge < -0.3 is 50.3 Å². The minimum absolute atomic E-state index is 0.0374. The van der Waals surface area contributed by atoms with Crippen molar-refractivity contribution in [1.29, 1.82) is 0 Å². The zero-order chi connectivity index (χ0) is 34.7. The SMILES string of the molecule is CC1(C)CC[C@]2(C(=O)O[C@@H]3O[C@H](CO)[C@@H](O)[C@H](O)[C@H]3O)CC[C@]3(C)C(=CC[C@@H]4[C@@]5(C)C[C@@H](O)[C@H](O)[C@@](C)(CO)[C@H]5[C@H](O)C[C@]43C)[C@H]2C1. The number of aliphatic hydroxyl groups is 8. The molecule has 0 aromatic rings. The first-order valence-corrected chi connectivity index (χ1v) is 17.6. The van der Waals surface area contributed by atoms with Gasteiger partial charge in [0.15, 0.2) is 0 Å². The van der Waals surface area contributed by atoms with E-state index in [-0.39, 0.29) is 23.9 Å². The van der Waals surface area contributed by atoms with E-state index in [4.69, 9.17) is 9.47 Å². The molecule has 1 heterocycles. The van der Waals surface area contributed by atoms with Gasteiger partial charge >= 0.3 is 5.97 Å². The number of aliphatic hydroxyl groups excluding tert-OH is 8. The third kappa shape index (κ3) is 4.81. The van der Waals surface area contributed by atoms with Gasteiger partial charge in [0, 0.05) is 11.3 Å². The lowest BCUT2D eigenvalue weighted by molar-refractivity contribution is -0.298. The van der Waals surface area contributed by atoms with Gasteiger partial charge in [-0.25, -0.2) is 0 Å². The van der Waals surface area contributed by atoms with Crippen LogP contribution in [0.2, 0.25) is 0 Å². The van der Waals surface area contributed by atoms with Crippen molar-refractivity contribution in [1.82, 2.24) is 0 Å². The van der Waals surface area contributed by atoms with Crippen molar-refractivity contribution >= 4 is 5.97 Å². The summed E-state index contributed by atoms with van der Waals surface area (Å²) in [5.74, 6) is -1.09. The van der Waals surface area contributed by atoms with Crippen LogP contribution in [0.4, 0.5) is 0 Å². The number of hydrogen-bond donors (Lipinski definition) is 8. The van der Waals surface area contributed by atoms with Crippen LogP contribution in [-0.4, -0.2) is 109 Å². The van der Waals surface area contributed by atoms with Crippen LogP contribution in [0.3, 0.4) is 0 Å². The Morgan fingerprint density at radius 1 is 0.851 bits per heavy atom. The van der Waals surface area contributed by atoms with E-state index in [1.54, 1.807) is 6.92 Å². The summed E-state index contributed by atoms with van der Waals surface area (Å²) in [4.78, 5) is 14.4. The van der Waals surface area contributed by atoms with Crippen LogP contribution >= 0.6 is 0 Å². The number of hydrogen-bond acceptors (Lipinski definition) is 11. The van der Waals surface area contributed by atoms with Crippen LogP contribution in [-0.2, 0) is 14.3 Å². The minimum atomic E-state index is -1.68. The quantitative estimate of drug-likeness (QED) is 0.160. The summed E-state index contributed by atoms with van der Waals surface area (Å²) in [6, 6.07) is 0. The molecule has 0 aromatic carbocycles. The summed E-state index contributed by atoms with van der Waals surface area (Å²) in [6.45, 7) is 11.8. The van der Waals surface area contributed by atoms with Crippen molar-refractivity contribution in [3.63, 3.8) is 0 Å². The van der Waals surface area contributed by atoms with Gasteiger partial charge in [0.25, 0.3) is 0 Å². The van der Waals surface area contributed by atoms with Gasteiger partial charge in [-0.3, -0.25) is 4.79 Å². The average Bonchev–Trinajstić information content (AvgIpc) is 3.00. The Balaban J connectivity index is 1.38. The molecule has 0 bridgehead atoms. The van der Waals surface area contributed by atoms with Gasteiger partial charge in [-0.1, -0.05) is 53.2 Å². The first-order valence-electron chi connectivity index (χ1n) is 17.6. The number of esters is 1. The highest BCUT2D eigenvalue weighted by Crippen LogP contribution is 2.75. The second-order valence-electron chi connectivity index (χ2n) is 18.0. The Morgan fingerprint density at radius 3 is 2.15 bits per heavy atom. The maximum atomic E-state index is 14.4. The fraction of sp³-hybridized carbons (Fsp3) is 0.917. The van der Waals surface area contributed by atoms with Crippen molar-refractivity contribution in [2.24, 2.45) is 50.2 Å². The van der Waals surface area contributed by atoms with E-state index in [0.29, 0.717) is 38.5 Å². The van der Waals surface area contributed by atoms with Crippen LogP contribution in [0.15, 0.2) is 11.6 Å². The summed E-state index contributed by atoms with van der Waals surface area (Å²) >= 11 is 0. The van der Waals surface area contributed by atoms with Gasteiger partial charge in [-0.05, 0) is 84.9 Å². The third-order valence-corrected chi connectivity index (χ3v) is 15.1. The molecule has 6 rings (SSSR count). The summed E-state index contributed by atoms with van der Waals surface area (Å²) < 4.78 is 11.5. The number of rotatable bonds is 4. The lowest BCUT2D eigenvalue weighted by atomic mass is 9.33. The van der Waals surface area contributed by atoms with E-state index < -0.39 is 94.6 Å². The Morgan fingerprint density at radius 2 is 1.51 bits per heavy atom. The van der Waals surface area contributed by atoms with Crippen molar-refractivity contribution in [3.05, 3.63) is 11.6 Å². The van der Waals surface area contributed by atoms with Crippen LogP contribution in [0.1, 0.15) is 92.9 Å². The normalized spacial score (nSPS) is 55.4. The molecule has 5 aliphatic carbocycles. The summed E-state index contributed by atoms with van der Waals surface area (Å²) in [6.07, 6.45) is -3.65. The Bertz CT molecular complexity index is 1270. The molecule has 0 unspecified atom stereocenters. The molecule has 11 nitrogen and oxygen atoms in total. The highest BCUT2D eigenvalue weighted by molar-refractivity contribution is 5.79. The number of carbonyl (C=O) groups excluding carboxylic acids is 1. The van der Waals surface area contributed by atoms with E-state index >= 15 is 0 Å². The molecule has 0 spiro atoms. The first-order chi connectivity index (χ1) is 21.8. The standard InChI is InChI=1S/C36H58O11/c1-31(2)9-11-36(30(45)47-29-26(43)25(42)24(41)22(16-37)46-29)12-10-34(5)18(19(36)13-31)7-8-23-32(3)14-21(40)28(44)33(4,17-38)27(32)20(39)15-35(23,34)6/h7,19-29,37-44H,8-17H2,1-6H3/t19-,20-,21-,22-,23-,24-,25+,26-,27+,28+,29+,32-,33+,34-,35-,36+/m1/s1. The number of carbonyl (C=O) groups is 1. The van der Waals surface area contributed by atoms with Crippen LogP contribution in [0, 0.1) is 50.2 Å². The topological polar surface area (TPSA) is 197 Å². The maximum Gasteiger partial charge on any atom is 0.315 e. The molecule has 5 fully saturated rings. The average molecular weight is 667 g/mol. The van der Waals surface area contributed by atoms with Crippen molar-refractivity contribution in [2.75, 3.05) is 13.2 Å². The monoisotopic (exact) mass is 666 g/mol. The molecule has 1 saturated heterocycles. The zero-order valence-electron chi connectivity index (χ0n) is 28.8. The predicted octanol–water partition coefficient (Wildman–Crippen LogP) is 1.41. The number of ether oxygens (including phenoxy) is 2. The van der Waals surface area contributed by atoms with E-state index in [1.165, 1.54) is 5.57 Å². The van der Waals surface area contributed by atoms with E-state index in [0.717, 1.165) is 12.8 Å². The fourth-order valence-electron chi connectivity index (χ4n) is 12.3. The molecule has 16 atom stereocenters. The molecule has 1 aliphatic heterocycles. The predicted molar refractivity (Wildman–Crippen MR) is 169 cm³/mol. The second kappa shape index (κ2) is 11.4. The molecule has 6 aliphatic rings. The highest BCUT2D eigenvalue weighted by atomic mass is 16.7. The Labute approximate surface area is 278 Å². The highest BCUT2D eigenvalue weighted by Gasteiger charge is 2.72. The summed E-state index contributed by atoms with van der Waals surface area (Å²) in [5.41, 5.74) is -2.27. The maximum absolute atomic E-state index is 14.4. The molecule has 0 radical (unpaired) electrons. The number of allylic oxidation sites excluding steroid dienone is 2. The van der Waals surface area contributed by atoms with E-state index in [2.05, 4.69) is 40.7 Å². The van der Waals surface area contributed by atoms with Gasteiger partial charge in [-0.2, -0.15) is 0 Å². The molecule has 4 saturated carbocycles. The van der Waals surface area contributed by atoms with E-state index in [1.807, 2.05) is 0 Å². The lowest BCUT2D eigenvalue weighted by Gasteiger charge is -2.72. The first kappa shape index (κ1) is 35.7. The minimum Gasteiger partial charge on any atom is -0.432 e. The fourth-order valence-corrected chi connectivity index (χ4v) is 12.3. The van der Waals surface area contributed by atoms with Gasteiger partial charge in [0.2, 0.25) is 6.29 Å².